The van der Waals surface area contributed by atoms with Crippen LogP contribution < -0.4 is 5.32 Å². The highest BCUT2D eigenvalue weighted by Crippen LogP contribution is 2.34. The van der Waals surface area contributed by atoms with Gasteiger partial charge in [0.2, 0.25) is 0 Å². The fourth-order valence-corrected chi connectivity index (χ4v) is 2.88. The highest BCUT2D eigenvalue weighted by molar-refractivity contribution is 5.75. The number of aryl methyl sites for hydroxylation is 1. The molecule has 0 amide bonds. The first-order valence-corrected chi connectivity index (χ1v) is 6.89. The Bertz CT molecular complexity index is 546. The molecule has 2 aromatic rings. The van der Waals surface area contributed by atoms with E-state index in [1.807, 2.05) is 6.07 Å². The number of para-hydroxylation sites is 2. The molecule has 0 aliphatic heterocycles. The van der Waals surface area contributed by atoms with E-state index < -0.39 is 0 Å². The third kappa shape index (κ3) is 1.83. The standard InChI is InChI=1S/C15H21N3/c1-3-15(9-6-10-15)16-11-14-17-12-7-4-5-8-13(12)18(14)2/h4-5,7-8,16H,3,6,9-11H2,1-2H3. The van der Waals surface area contributed by atoms with Crippen molar-refractivity contribution in [2.75, 3.05) is 0 Å². The highest BCUT2D eigenvalue weighted by atomic mass is 15.1. The van der Waals surface area contributed by atoms with Gasteiger partial charge in [-0.15, -0.1) is 0 Å². The smallest absolute Gasteiger partial charge is 0.123 e. The Morgan fingerprint density at radius 3 is 2.72 bits per heavy atom. The SMILES string of the molecule is CCC1(NCc2nc3ccccc3n2C)CCC1. The van der Waals surface area contributed by atoms with Crippen molar-refractivity contribution in [3.8, 4) is 0 Å². The summed E-state index contributed by atoms with van der Waals surface area (Å²) in [7, 11) is 2.10. The van der Waals surface area contributed by atoms with Crippen molar-refractivity contribution in [2.24, 2.45) is 7.05 Å². The van der Waals surface area contributed by atoms with E-state index in [2.05, 4.69) is 42.1 Å². The highest BCUT2D eigenvalue weighted by Gasteiger charge is 2.34. The molecule has 1 saturated carbocycles. The van der Waals surface area contributed by atoms with Crippen LogP contribution in [0.25, 0.3) is 11.0 Å². The Kier molecular flexibility index (Phi) is 2.86. The summed E-state index contributed by atoms with van der Waals surface area (Å²) in [6.07, 6.45) is 5.21. The first-order valence-electron chi connectivity index (χ1n) is 6.89. The molecule has 1 heterocycles. The minimum atomic E-state index is 0.387. The van der Waals surface area contributed by atoms with Gasteiger partial charge < -0.3 is 9.88 Å². The number of benzene rings is 1. The summed E-state index contributed by atoms with van der Waals surface area (Å²) in [5.74, 6) is 1.14. The van der Waals surface area contributed by atoms with Gasteiger partial charge in [-0.3, -0.25) is 0 Å². The van der Waals surface area contributed by atoms with Crippen molar-refractivity contribution in [1.82, 2.24) is 14.9 Å². The molecule has 18 heavy (non-hydrogen) atoms. The first kappa shape index (κ1) is 11.7. The first-order chi connectivity index (χ1) is 8.74. The van der Waals surface area contributed by atoms with E-state index in [-0.39, 0.29) is 0 Å². The summed E-state index contributed by atoms with van der Waals surface area (Å²) >= 11 is 0. The number of aromatic nitrogens is 2. The van der Waals surface area contributed by atoms with Crippen molar-refractivity contribution >= 4 is 11.0 Å². The van der Waals surface area contributed by atoms with Gasteiger partial charge >= 0.3 is 0 Å². The Labute approximate surface area is 108 Å². The third-order valence-electron chi connectivity index (χ3n) is 4.49. The van der Waals surface area contributed by atoms with Gasteiger partial charge in [0.25, 0.3) is 0 Å². The predicted molar refractivity (Wildman–Crippen MR) is 74.4 cm³/mol. The largest absolute Gasteiger partial charge is 0.330 e. The number of fused-ring (bicyclic) bond motifs is 1. The molecule has 3 rings (SSSR count). The van der Waals surface area contributed by atoms with Gasteiger partial charge in [-0.1, -0.05) is 19.1 Å². The summed E-state index contributed by atoms with van der Waals surface area (Å²) in [6, 6.07) is 8.33. The summed E-state index contributed by atoms with van der Waals surface area (Å²) in [4.78, 5) is 4.71. The molecule has 0 bridgehead atoms. The number of rotatable bonds is 4. The van der Waals surface area contributed by atoms with Gasteiger partial charge in [-0.25, -0.2) is 4.98 Å². The van der Waals surface area contributed by atoms with Crippen molar-refractivity contribution in [3.05, 3.63) is 30.1 Å². The van der Waals surface area contributed by atoms with Gasteiger partial charge in [0.1, 0.15) is 5.82 Å². The Morgan fingerprint density at radius 1 is 1.33 bits per heavy atom. The van der Waals surface area contributed by atoms with Gasteiger partial charge in [0, 0.05) is 12.6 Å². The third-order valence-corrected chi connectivity index (χ3v) is 4.49. The Hall–Kier alpha value is -1.35. The molecule has 3 nitrogen and oxygen atoms in total. The van der Waals surface area contributed by atoms with E-state index in [4.69, 9.17) is 4.98 Å². The average molecular weight is 243 g/mol. The molecular weight excluding hydrogens is 222 g/mol. The zero-order valence-corrected chi connectivity index (χ0v) is 11.2. The lowest BCUT2D eigenvalue weighted by molar-refractivity contribution is 0.173. The molecule has 1 aliphatic rings. The monoisotopic (exact) mass is 243 g/mol. The maximum absolute atomic E-state index is 4.71. The van der Waals surface area contributed by atoms with E-state index in [0.29, 0.717) is 5.54 Å². The van der Waals surface area contributed by atoms with E-state index in [0.717, 1.165) is 17.9 Å². The number of nitrogens with zero attached hydrogens (tertiary/aromatic N) is 2. The fourth-order valence-electron chi connectivity index (χ4n) is 2.88. The van der Waals surface area contributed by atoms with Crippen molar-refractivity contribution in [1.29, 1.82) is 0 Å². The second-order valence-electron chi connectivity index (χ2n) is 5.42. The lowest BCUT2D eigenvalue weighted by Crippen LogP contribution is -2.50. The molecule has 0 spiro atoms. The summed E-state index contributed by atoms with van der Waals surface area (Å²) in [6.45, 7) is 3.15. The van der Waals surface area contributed by atoms with Crippen LogP contribution in [-0.4, -0.2) is 15.1 Å². The van der Waals surface area contributed by atoms with Crippen LogP contribution in [0.3, 0.4) is 0 Å². The van der Waals surface area contributed by atoms with Crippen LogP contribution in [0.5, 0.6) is 0 Å². The van der Waals surface area contributed by atoms with Crippen LogP contribution in [0.15, 0.2) is 24.3 Å². The summed E-state index contributed by atoms with van der Waals surface area (Å²) < 4.78 is 2.20. The van der Waals surface area contributed by atoms with Gasteiger partial charge in [-0.05, 0) is 37.8 Å². The van der Waals surface area contributed by atoms with Crippen molar-refractivity contribution in [3.63, 3.8) is 0 Å². The molecule has 1 N–H and O–H groups in total. The van der Waals surface area contributed by atoms with E-state index in [9.17, 15) is 0 Å². The van der Waals surface area contributed by atoms with E-state index in [1.54, 1.807) is 0 Å². The van der Waals surface area contributed by atoms with Gasteiger partial charge in [-0.2, -0.15) is 0 Å². The maximum atomic E-state index is 4.71. The minimum absolute atomic E-state index is 0.387. The lowest BCUT2D eigenvalue weighted by atomic mass is 9.75. The van der Waals surface area contributed by atoms with Gasteiger partial charge in [0.05, 0.1) is 17.6 Å². The lowest BCUT2D eigenvalue weighted by Gasteiger charge is -2.42. The maximum Gasteiger partial charge on any atom is 0.123 e. The van der Waals surface area contributed by atoms with Crippen molar-refractivity contribution < 1.29 is 0 Å². The van der Waals surface area contributed by atoms with E-state index in [1.165, 1.54) is 31.2 Å². The second-order valence-corrected chi connectivity index (χ2v) is 5.42. The number of nitrogens with one attached hydrogen (secondary N) is 1. The molecule has 1 aromatic carbocycles. The molecule has 1 aliphatic carbocycles. The number of imidazole rings is 1. The number of hydrogen-bond acceptors (Lipinski definition) is 2. The zero-order chi connectivity index (χ0) is 12.6. The van der Waals surface area contributed by atoms with Gasteiger partial charge in [0.15, 0.2) is 0 Å². The Balaban J connectivity index is 1.80. The van der Waals surface area contributed by atoms with Crippen LogP contribution in [0.4, 0.5) is 0 Å². The molecule has 1 aromatic heterocycles. The normalized spacial score (nSPS) is 17.9. The molecule has 0 unspecified atom stereocenters. The summed E-state index contributed by atoms with van der Waals surface area (Å²) in [5.41, 5.74) is 2.70. The zero-order valence-electron chi connectivity index (χ0n) is 11.2. The van der Waals surface area contributed by atoms with Crippen molar-refractivity contribution in [2.45, 2.75) is 44.7 Å². The molecular formula is C15H21N3. The Morgan fingerprint density at radius 2 is 2.11 bits per heavy atom. The van der Waals surface area contributed by atoms with Crippen LogP contribution in [0.2, 0.25) is 0 Å². The predicted octanol–water partition coefficient (Wildman–Crippen LogP) is 3.00. The number of hydrogen-bond donors (Lipinski definition) is 1. The minimum Gasteiger partial charge on any atom is -0.330 e. The second kappa shape index (κ2) is 4.39. The van der Waals surface area contributed by atoms with Crippen LogP contribution in [0.1, 0.15) is 38.4 Å². The topological polar surface area (TPSA) is 29.9 Å². The van der Waals surface area contributed by atoms with E-state index >= 15 is 0 Å². The molecule has 0 saturated heterocycles. The van der Waals surface area contributed by atoms with Crippen LogP contribution >= 0.6 is 0 Å². The summed E-state index contributed by atoms with van der Waals surface area (Å²) in [5, 5.41) is 3.72. The van der Waals surface area contributed by atoms with Crippen LogP contribution in [-0.2, 0) is 13.6 Å². The average Bonchev–Trinajstić information content (AvgIpc) is 2.67. The molecule has 1 fully saturated rings. The molecule has 0 atom stereocenters. The molecule has 3 heteroatoms. The fraction of sp³-hybridized carbons (Fsp3) is 0.533. The quantitative estimate of drug-likeness (QED) is 0.894. The molecule has 96 valence electrons. The molecule has 0 radical (unpaired) electrons. The van der Waals surface area contributed by atoms with Crippen LogP contribution in [0, 0.1) is 0 Å².